The summed E-state index contributed by atoms with van der Waals surface area (Å²) in [6.45, 7) is 4.39. The van der Waals surface area contributed by atoms with Gasteiger partial charge >= 0.3 is 0 Å². The quantitative estimate of drug-likeness (QED) is 0.681. The lowest BCUT2D eigenvalue weighted by Crippen LogP contribution is -2.24. The predicted octanol–water partition coefficient (Wildman–Crippen LogP) is 3.03. The van der Waals surface area contributed by atoms with E-state index in [0.717, 1.165) is 16.6 Å². The van der Waals surface area contributed by atoms with Gasteiger partial charge in [0, 0.05) is 6.54 Å². The van der Waals surface area contributed by atoms with Gasteiger partial charge in [0.25, 0.3) is 0 Å². The van der Waals surface area contributed by atoms with Crippen molar-refractivity contribution in [3.8, 4) is 11.8 Å². The van der Waals surface area contributed by atoms with E-state index in [-0.39, 0.29) is 18.1 Å². The van der Waals surface area contributed by atoms with Crippen LogP contribution in [0.5, 0.6) is 5.75 Å². The van der Waals surface area contributed by atoms with E-state index in [1.54, 1.807) is 42.5 Å². The number of fused-ring (bicyclic) bond motifs is 1. The summed E-state index contributed by atoms with van der Waals surface area (Å²) in [6.07, 6.45) is 0.134. The van der Waals surface area contributed by atoms with E-state index >= 15 is 0 Å². The number of carbonyl (C=O) groups excluding carboxylic acids is 1. The lowest BCUT2D eigenvalue weighted by molar-refractivity contribution is -0.120. The second-order valence-electron chi connectivity index (χ2n) is 5.15. The number of hydrogen-bond acceptors (Lipinski definition) is 4. The topological polar surface area (TPSA) is 102 Å². The Balaban J connectivity index is 0.00000109. The van der Waals surface area contributed by atoms with E-state index in [9.17, 15) is 9.90 Å². The maximum Gasteiger partial charge on any atom is 0.227 e. The Hall–Kier alpha value is -3.33. The molecule has 3 rings (SSSR count). The smallest absolute Gasteiger partial charge is 0.227 e. The third-order valence-electron chi connectivity index (χ3n) is 3.41. The maximum absolute atomic E-state index is 12.0. The summed E-state index contributed by atoms with van der Waals surface area (Å²) in [5.41, 5.74) is 2.92. The van der Waals surface area contributed by atoms with Crippen LogP contribution in [0.2, 0.25) is 0 Å². The van der Waals surface area contributed by atoms with E-state index in [2.05, 4.69) is 21.4 Å². The van der Waals surface area contributed by atoms with Crippen molar-refractivity contribution < 1.29 is 9.90 Å². The zero-order valence-corrected chi connectivity index (χ0v) is 14.2. The standard InChI is InChI=1S/C17H14N4O2.C2H6/c18-9-12-3-6-14-15(7-12)21-16(20-14)8-17(23)19-10-11-1-4-13(22)5-2-11;1-2/h1-7,22H,8,10H2,(H,19,23)(H,20,21);1-2H3. The van der Waals surface area contributed by atoms with Crippen molar-refractivity contribution in [2.75, 3.05) is 0 Å². The number of nitriles is 1. The van der Waals surface area contributed by atoms with Gasteiger partial charge in [-0.1, -0.05) is 26.0 Å². The van der Waals surface area contributed by atoms with E-state index in [1.165, 1.54) is 0 Å². The minimum Gasteiger partial charge on any atom is -0.508 e. The molecule has 3 N–H and O–H groups in total. The highest BCUT2D eigenvalue weighted by Crippen LogP contribution is 2.14. The first kappa shape index (κ1) is 18.0. The number of phenolic OH excluding ortho intramolecular Hbond substituents is 1. The molecule has 25 heavy (non-hydrogen) atoms. The number of nitrogens with zero attached hydrogens (tertiary/aromatic N) is 2. The van der Waals surface area contributed by atoms with Gasteiger partial charge in [0.2, 0.25) is 5.91 Å². The molecule has 0 atom stereocenters. The van der Waals surface area contributed by atoms with Crippen LogP contribution < -0.4 is 5.32 Å². The van der Waals surface area contributed by atoms with E-state index < -0.39 is 0 Å². The molecular formula is C19H20N4O2. The number of hydrogen-bond donors (Lipinski definition) is 3. The number of amides is 1. The summed E-state index contributed by atoms with van der Waals surface area (Å²) in [5.74, 6) is 0.593. The maximum atomic E-state index is 12.0. The number of aromatic amines is 1. The second kappa shape index (κ2) is 8.50. The Morgan fingerprint density at radius 3 is 2.64 bits per heavy atom. The Kier molecular flexibility index (Phi) is 6.13. The molecule has 0 unspecified atom stereocenters. The molecule has 1 amide bonds. The Bertz CT molecular complexity index is 892. The fraction of sp³-hybridized carbons (Fsp3) is 0.211. The van der Waals surface area contributed by atoms with Crippen molar-refractivity contribution >= 4 is 16.9 Å². The van der Waals surface area contributed by atoms with Crippen molar-refractivity contribution in [1.29, 1.82) is 5.26 Å². The molecule has 0 fully saturated rings. The van der Waals surface area contributed by atoms with Gasteiger partial charge in [-0.15, -0.1) is 0 Å². The molecule has 0 bridgehead atoms. The number of nitrogens with one attached hydrogen (secondary N) is 2. The van der Waals surface area contributed by atoms with Gasteiger partial charge in [-0.3, -0.25) is 4.79 Å². The molecule has 128 valence electrons. The van der Waals surface area contributed by atoms with Crippen molar-refractivity contribution in [1.82, 2.24) is 15.3 Å². The van der Waals surface area contributed by atoms with Crippen LogP contribution >= 0.6 is 0 Å². The summed E-state index contributed by atoms with van der Waals surface area (Å²) in [6, 6.07) is 13.9. The number of aromatic nitrogens is 2. The molecule has 1 aromatic heterocycles. The first-order valence-corrected chi connectivity index (χ1v) is 8.07. The Morgan fingerprint density at radius 2 is 1.96 bits per heavy atom. The summed E-state index contributed by atoms with van der Waals surface area (Å²) in [4.78, 5) is 19.4. The fourth-order valence-electron chi connectivity index (χ4n) is 2.24. The molecular weight excluding hydrogens is 316 g/mol. The summed E-state index contributed by atoms with van der Waals surface area (Å²) >= 11 is 0. The molecule has 3 aromatic rings. The molecule has 2 aromatic carbocycles. The molecule has 0 spiro atoms. The number of phenols is 1. The van der Waals surface area contributed by atoms with Crippen molar-refractivity contribution in [2.45, 2.75) is 26.8 Å². The largest absolute Gasteiger partial charge is 0.508 e. The monoisotopic (exact) mass is 336 g/mol. The van der Waals surface area contributed by atoms with Crippen molar-refractivity contribution in [2.24, 2.45) is 0 Å². The number of carbonyl (C=O) groups is 1. The SMILES string of the molecule is CC.N#Cc1ccc2nc(CC(=O)NCc3ccc(O)cc3)[nH]c2c1. The zero-order chi connectivity index (χ0) is 18.2. The molecule has 0 aliphatic carbocycles. The lowest BCUT2D eigenvalue weighted by Gasteiger charge is -2.04. The van der Waals surface area contributed by atoms with Crippen LogP contribution in [-0.4, -0.2) is 21.0 Å². The van der Waals surface area contributed by atoms with Gasteiger partial charge < -0.3 is 15.4 Å². The van der Waals surface area contributed by atoms with Crippen molar-refractivity contribution in [3.63, 3.8) is 0 Å². The van der Waals surface area contributed by atoms with Crippen molar-refractivity contribution in [3.05, 3.63) is 59.4 Å². The minimum atomic E-state index is -0.155. The highest BCUT2D eigenvalue weighted by atomic mass is 16.3. The third-order valence-corrected chi connectivity index (χ3v) is 3.41. The first-order chi connectivity index (χ1) is 12.1. The second-order valence-corrected chi connectivity index (χ2v) is 5.15. The van der Waals surface area contributed by atoms with E-state index in [4.69, 9.17) is 5.26 Å². The number of aromatic hydroxyl groups is 1. The molecule has 0 saturated heterocycles. The molecule has 0 saturated carbocycles. The fourth-order valence-corrected chi connectivity index (χ4v) is 2.24. The van der Waals surface area contributed by atoms with Gasteiger partial charge in [-0.05, 0) is 35.9 Å². The number of benzene rings is 2. The van der Waals surface area contributed by atoms with Crippen LogP contribution in [0.1, 0.15) is 30.8 Å². The van der Waals surface area contributed by atoms with Crippen LogP contribution in [0, 0.1) is 11.3 Å². The molecule has 0 aliphatic rings. The van der Waals surface area contributed by atoms with Crippen LogP contribution in [0.3, 0.4) is 0 Å². The predicted molar refractivity (Wildman–Crippen MR) is 95.8 cm³/mol. The van der Waals surface area contributed by atoms with Crippen LogP contribution in [-0.2, 0) is 17.8 Å². The first-order valence-electron chi connectivity index (χ1n) is 8.07. The van der Waals surface area contributed by atoms with Gasteiger partial charge in [-0.25, -0.2) is 4.98 Å². The summed E-state index contributed by atoms with van der Waals surface area (Å²) < 4.78 is 0. The van der Waals surface area contributed by atoms with Gasteiger partial charge in [0.1, 0.15) is 11.6 Å². The van der Waals surface area contributed by atoms with E-state index in [0.29, 0.717) is 17.9 Å². The number of H-pyrrole nitrogens is 1. The molecule has 0 radical (unpaired) electrons. The normalized spacial score (nSPS) is 9.80. The van der Waals surface area contributed by atoms with Crippen LogP contribution in [0.4, 0.5) is 0 Å². The van der Waals surface area contributed by atoms with Crippen LogP contribution in [0.25, 0.3) is 11.0 Å². The molecule has 1 heterocycles. The average Bonchev–Trinajstić information content (AvgIpc) is 3.04. The lowest BCUT2D eigenvalue weighted by atomic mass is 10.2. The highest BCUT2D eigenvalue weighted by molar-refractivity contribution is 5.81. The molecule has 6 nitrogen and oxygen atoms in total. The minimum absolute atomic E-state index is 0.134. The highest BCUT2D eigenvalue weighted by Gasteiger charge is 2.08. The van der Waals surface area contributed by atoms with Gasteiger partial charge in [-0.2, -0.15) is 5.26 Å². The number of imidazole rings is 1. The summed E-state index contributed by atoms with van der Waals surface area (Å²) in [7, 11) is 0. The Morgan fingerprint density at radius 1 is 1.24 bits per heavy atom. The van der Waals surface area contributed by atoms with Gasteiger partial charge in [0.15, 0.2) is 0 Å². The Labute approximate surface area is 146 Å². The summed E-state index contributed by atoms with van der Waals surface area (Å²) in [5, 5.41) is 20.9. The van der Waals surface area contributed by atoms with Gasteiger partial charge in [0.05, 0.1) is 29.1 Å². The molecule has 0 aliphatic heterocycles. The average molecular weight is 336 g/mol. The third kappa shape index (κ3) is 4.82. The number of rotatable bonds is 4. The zero-order valence-electron chi connectivity index (χ0n) is 14.2. The van der Waals surface area contributed by atoms with E-state index in [1.807, 2.05) is 13.8 Å². The molecule has 6 heteroatoms. The van der Waals surface area contributed by atoms with Crippen LogP contribution in [0.15, 0.2) is 42.5 Å².